The highest BCUT2D eigenvalue weighted by molar-refractivity contribution is 7.99. The van der Waals surface area contributed by atoms with Gasteiger partial charge in [-0.25, -0.2) is 4.98 Å². The predicted molar refractivity (Wildman–Crippen MR) is 130 cm³/mol. The largest absolute Gasteiger partial charge is 0.497 e. The number of methoxy groups -OCH3 is 1. The lowest BCUT2D eigenvalue weighted by Crippen LogP contribution is -2.14. The third kappa shape index (κ3) is 5.71. The van der Waals surface area contributed by atoms with Crippen LogP contribution in [0.2, 0.25) is 0 Å². The number of anilines is 1. The van der Waals surface area contributed by atoms with Gasteiger partial charge in [0.05, 0.1) is 18.6 Å². The van der Waals surface area contributed by atoms with Crippen LogP contribution in [-0.4, -0.2) is 38.5 Å². The van der Waals surface area contributed by atoms with Crippen molar-refractivity contribution in [2.75, 3.05) is 18.2 Å². The van der Waals surface area contributed by atoms with Crippen molar-refractivity contribution in [2.45, 2.75) is 18.2 Å². The quantitative estimate of drug-likeness (QED) is 0.343. The van der Waals surface area contributed by atoms with Crippen molar-refractivity contribution in [1.82, 2.24) is 19.7 Å². The maximum Gasteiger partial charge on any atom is 0.236 e. The normalized spacial score (nSPS) is 11.7. The molecule has 0 spiro atoms. The zero-order chi connectivity index (χ0) is 23.2. The number of carbonyl (C=O) groups is 1. The van der Waals surface area contributed by atoms with E-state index in [1.54, 1.807) is 7.11 Å². The van der Waals surface area contributed by atoms with Gasteiger partial charge >= 0.3 is 0 Å². The summed E-state index contributed by atoms with van der Waals surface area (Å²) in [4.78, 5) is 16.9. The summed E-state index contributed by atoms with van der Waals surface area (Å²) < 4.78 is 13.0. The summed E-state index contributed by atoms with van der Waals surface area (Å²) >= 11 is 2.71. The Morgan fingerprint density at radius 3 is 2.58 bits per heavy atom. The lowest BCUT2D eigenvalue weighted by atomic mass is 10.2. The number of hydrogen-bond acceptors (Lipinski definition) is 8. The molecule has 0 aliphatic carbocycles. The molecule has 0 aliphatic heterocycles. The first kappa shape index (κ1) is 22.8. The number of carbonyl (C=O) groups excluding carboxylic acids is 1. The van der Waals surface area contributed by atoms with Gasteiger partial charge in [0.15, 0.2) is 22.2 Å². The number of rotatable bonds is 9. The van der Waals surface area contributed by atoms with Crippen LogP contribution in [0.3, 0.4) is 0 Å². The molecule has 0 fully saturated rings. The summed E-state index contributed by atoms with van der Waals surface area (Å²) in [7, 11) is 3.48. The van der Waals surface area contributed by atoms with Crippen LogP contribution in [0.1, 0.15) is 18.9 Å². The van der Waals surface area contributed by atoms with E-state index in [4.69, 9.17) is 9.47 Å². The maximum absolute atomic E-state index is 12.4. The van der Waals surface area contributed by atoms with E-state index in [0.717, 1.165) is 17.0 Å². The number of nitrogens with zero attached hydrogens (tertiary/aromatic N) is 4. The Balaban J connectivity index is 1.31. The van der Waals surface area contributed by atoms with E-state index in [9.17, 15) is 4.79 Å². The van der Waals surface area contributed by atoms with Gasteiger partial charge in [-0.05, 0) is 31.2 Å². The molecule has 2 heterocycles. The van der Waals surface area contributed by atoms with Crippen LogP contribution in [0.15, 0.2) is 65.1 Å². The third-order valence-electron chi connectivity index (χ3n) is 4.76. The summed E-state index contributed by atoms with van der Waals surface area (Å²) in [5.41, 5.74) is 1.86. The summed E-state index contributed by atoms with van der Waals surface area (Å²) in [5, 5.41) is 14.4. The molecule has 2 aromatic carbocycles. The van der Waals surface area contributed by atoms with Crippen molar-refractivity contribution in [3.8, 4) is 22.8 Å². The molecule has 0 aliphatic rings. The van der Waals surface area contributed by atoms with Crippen LogP contribution in [0, 0.1) is 0 Å². The molecule has 4 aromatic rings. The summed E-state index contributed by atoms with van der Waals surface area (Å²) in [5.74, 6) is 2.18. The first-order chi connectivity index (χ1) is 16.0. The Bertz CT molecular complexity index is 1210. The minimum Gasteiger partial charge on any atom is -0.497 e. The number of aromatic nitrogens is 4. The zero-order valence-electron chi connectivity index (χ0n) is 18.4. The highest BCUT2D eigenvalue weighted by Crippen LogP contribution is 2.27. The number of amides is 1. The second-order valence-corrected chi connectivity index (χ2v) is 8.88. The zero-order valence-corrected chi connectivity index (χ0v) is 20.0. The van der Waals surface area contributed by atoms with Gasteiger partial charge in [-0.2, -0.15) is 0 Å². The molecule has 1 atom stereocenters. The minimum absolute atomic E-state index is 0.152. The molecule has 8 nitrogen and oxygen atoms in total. The van der Waals surface area contributed by atoms with Gasteiger partial charge in [0.25, 0.3) is 0 Å². The van der Waals surface area contributed by atoms with Gasteiger partial charge in [-0.15, -0.1) is 21.5 Å². The molecule has 0 saturated carbocycles. The van der Waals surface area contributed by atoms with Crippen molar-refractivity contribution < 1.29 is 14.3 Å². The van der Waals surface area contributed by atoms with Gasteiger partial charge in [0, 0.05) is 18.0 Å². The van der Waals surface area contributed by atoms with E-state index in [-0.39, 0.29) is 17.8 Å². The van der Waals surface area contributed by atoms with E-state index in [0.29, 0.717) is 21.9 Å². The molecule has 10 heteroatoms. The second-order valence-electron chi connectivity index (χ2n) is 7.08. The molecule has 1 N–H and O–H groups in total. The van der Waals surface area contributed by atoms with Crippen molar-refractivity contribution in [3.05, 3.63) is 65.8 Å². The third-order valence-corrected chi connectivity index (χ3v) is 6.53. The fourth-order valence-electron chi connectivity index (χ4n) is 3.08. The average molecular weight is 482 g/mol. The maximum atomic E-state index is 12.4. The van der Waals surface area contributed by atoms with Crippen molar-refractivity contribution in [3.63, 3.8) is 0 Å². The van der Waals surface area contributed by atoms with Gasteiger partial charge in [0.1, 0.15) is 11.5 Å². The van der Waals surface area contributed by atoms with E-state index in [1.807, 2.05) is 78.5 Å². The van der Waals surface area contributed by atoms with Gasteiger partial charge in [-0.3, -0.25) is 4.79 Å². The number of hydrogen-bond donors (Lipinski definition) is 1. The molecule has 4 rings (SSSR count). The van der Waals surface area contributed by atoms with Crippen LogP contribution in [-0.2, 0) is 11.8 Å². The van der Waals surface area contributed by atoms with Crippen molar-refractivity contribution in [1.29, 1.82) is 0 Å². The first-order valence-electron chi connectivity index (χ1n) is 10.2. The molecule has 0 radical (unpaired) electrons. The van der Waals surface area contributed by atoms with E-state index < -0.39 is 0 Å². The van der Waals surface area contributed by atoms with Crippen molar-refractivity contribution in [2.24, 2.45) is 7.05 Å². The first-order valence-corrected chi connectivity index (χ1v) is 12.0. The topological polar surface area (TPSA) is 91.2 Å². The number of nitrogens with one attached hydrogen (secondary N) is 1. The van der Waals surface area contributed by atoms with Crippen LogP contribution >= 0.6 is 23.1 Å². The van der Waals surface area contributed by atoms with E-state index in [2.05, 4.69) is 20.5 Å². The minimum atomic E-state index is -0.314. The molecule has 0 saturated heterocycles. The van der Waals surface area contributed by atoms with Gasteiger partial charge < -0.3 is 19.4 Å². The Hall–Kier alpha value is -3.37. The van der Waals surface area contributed by atoms with Crippen LogP contribution in [0.5, 0.6) is 11.5 Å². The predicted octanol–water partition coefficient (Wildman–Crippen LogP) is 4.82. The van der Waals surface area contributed by atoms with Crippen LogP contribution < -0.4 is 14.8 Å². The molecule has 0 bridgehead atoms. The summed E-state index contributed by atoms with van der Waals surface area (Å²) in [6.45, 7) is 1.90. The second kappa shape index (κ2) is 10.5. The van der Waals surface area contributed by atoms with Gasteiger partial charge in [0.2, 0.25) is 5.91 Å². The van der Waals surface area contributed by atoms with Crippen LogP contribution in [0.4, 0.5) is 5.13 Å². The van der Waals surface area contributed by atoms with Crippen molar-refractivity contribution >= 4 is 34.1 Å². The molecule has 33 heavy (non-hydrogen) atoms. The molecule has 2 aromatic heterocycles. The lowest BCUT2D eigenvalue weighted by molar-refractivity contribution is -0.113. The fourth-order valence-corrected chi connectivity index (χ4v) is 4.53. The number of ether oxygens (including phenoxy) is 2. The molecule has 1 unspecified atom stereocenters. The Morgan fingerprint density at radius 2 is 1.85 bits per heavy atom. The lowest BCUT2D eigenvalue weighted by Gasteiger charge is -2.14. The summed E-state index contributed by atoms with van der Waals surface area (Å²) in [6, 6.07) is 17.2. The highest BCUT2D eigenvalue weighted by Gasteiger charge is 2.18. The van der Waals surface area contributed by atoms with E-state index in [1.165, 1.54) is 23.1 Å². The highest BCUT2D eigenvalue weighted by atomic mass is 32.2. The Kier molecular flexibility index (Phi) is 7.26. The summed E-state index contributed by atoms with van der Waals surface area (Å²) in [6.07, 6.45) is -0.314. The molecular formula is C23H23N5O3S2. The average Bonchev–Trinajstić information content (AvgIpc) is 3.45. The molecule has 170 valence electrons. The Morgan fingerprint density at radius 1 is 1.12 bits per heavy atom. The van der Waals surface area contributed by atoms with E-state index >= 15 is 0 Å². The number of thioether (sulfide) groups is 1. The Labute approximate surface area is 200 Å². The fraction of sp³-hybridized carbons (Fsp3) is 0.217. The SMILES string of the molecule is COc1ccc(OC(C)c2nnc(SCC(=O)Nc3nc(-c4ccccc4)cs3)n2C)cc1. The van der Waals surface area contributed by atoms with Crippen LogP contribution in [0.25, 0.3) is 11.3 Å². The number of thiazole rings is 1. The standard InChI is InChI=1S/C23H23N5O3S2/c1-15(31-18-11-9-17(30-3)10-12-18)21-26-27-23(28(21)2)33-14-20(29)25-22-24-19(13-32-22)16-7-5-4-6-8-16/h4-13,15H,14H2,1-3H3,(H,24,25,29). The molecular weight excluding hydrogens is 458 g/mol. The number of benzene rings is 2. The molecule has 1 amide bonds. The monoisotopic (exact) mass is 481 g/mol. The smallest absolute Gasteiger partial charge is 0.236 e. The van der Waals surface area contributed by atoms with Gasteiger partial charge in [-0.1, -0.05) is 42.1 Å².